The van der Waals surface area contributed by atoms with Crippen LogP contribution < -0.4 is 5.32 Å². The average molecular weight is 231 g/mol. The summed E-state index contributed by atoms with van der Waals surface area (Å²) in [4.78, 5) is 21.8. The molecule has 1 saturated carbocycles. The van der Waals surface area contributed by atoms with Crippen molar-refractivity contribution in [3.05, 3.63) is 0 Å². The topological polar surface area (TPSA) is 95.9 Å². The van der Waals surface area contributed by atoms with Crippen LogP contribution in [0.15, 0.2) is 0 Å². The van der Waals surface area contributed by atoms with Crippen LogP contribution >= 0.6 is 0 Å². The third kappa shape index (κ3) is 4.06. The van der Waals surface area contributed by atoms with Crippen LogP contribution in [-0.4, -0.2) is 41.0 Å². The van der Waals surface area contributed by atoms with Gasteiger partial charge in [-0.25, -0.2) is 9.59 Å². The maximum Gasteiger partial charge on any atom is 0.408 e. The normalized spacial score (nSPS) is 18.8. The van der Waals surface area contributed by atoms with Gasteiger partial charge in [-0.05, 0) is 25.7 Å². The van der Waals surface area contributed by atoms with Crippen LogP contribution in [0.2, 0.25) is 0 Å². The zero-order valence-electron chi connectivity index (χ0n) is 9.02. The number of carbonyl (C=O) groups is 2. The van der Waals surface area contributed by atoms with Crippen LogP contribution in [0, 0.1) is 0 Å². The van der Waals surface area contributed by atoms with Gasteiger partial charge in [0.05, 0.1) is 6.61 Å². The minimum absolute atomic E-state index is 0.123. The van der Waals surface area contributed by atoms with Crippen LogP contribution in [0.4, 0.5) is 4.79 Å². The zero-order chi connectivity index (χ0) is 12.0. The minimum Gasteiger partial charge on any atom is -0.480 e. The second-order valence-corrected chi connectivity index (χ2v) is 3.88. The average Bonchev–Trinajstić information content (AvgIpc) is 2.27. The van der Waals surface area contributed by atoms with Crippen LogP contribution in [0.1, 0.15) is 32.1 Å². The largest absolute Gasteiger partial charge is 0.480 e. The highest BCUT2D eigenvalue weighted by Crippen LogP contribution is 2.20. The summed E-state index contributed by atoms with van der Waals surface area (Å²) in [5.41, 5.74) is 0. The van der Waals surface area contributed by atoms with E-state index in [9.17, 15) is 9.59 Å². The molecule has 1 rings (SSSR count). The van der Waals surface area contributed by atoms with Gasteiger partial charge in [-0.3, -0.25) is 0 Å². The molecule has 0 saturated heterocycles. The molecule has 0 bridgehead atoms. The van der Waals surface area contributed by atoms with Crippen molar-refractivity contribution in [3.8, 4) is 0 Å². The Hall–Kier alpha value is -1.30. The molecule has 0 unspecified atom stereocenters. The van der Waals surface area contributed by atoms with E-state index >= 15 is 0 Å². The molecular weight excluding hydrogens is 214 g/mol. The summed E-state index contributed by atoms with van der Waals surface area (Å²) in [6.07, 6.45) is 3.96. The second kappa shape index (κ2) is 6.32. The summed E-state index contributed by atoms with van der Waals surface area (Å²) in [6.45, 7) is -0.644. The van der Waals surface area contributed by atoms with Crippen molar-refractivity contribution in [2.45, 2.75) is 44.2 Å². The lowest BCUT2D eigenvalue weighted by molar-refractivity contribution is -0.140. The van der Waals surface area contributed by atoms with Crippen molar-refractivity contribution in [2.75, 3.05) is 6.61 Å². The first-order valence-electron chi connectivity index (χ1n) is 5.44. The number of aliphatic carboxylic acids is 1. The van der Waals surface area contributed by atoms with Gasteiger partial charge in [0.1, 0.15) is 6.10 Å². The summed E-state index contributed by atoms with van der Waals surface area (Å²) >= 11 is 0. The van der Waals surface area contributed by atoms with Crippen molar-refractivity contribution >= 4 is 12.1 Å². The van der Waals surface area contributed by atoms with Crippen molar-refractivity contribution in [2.24, 2.45) is 0 Å². The van der Waals surface area contributed by atoms with Crippen LogP contribution in [0.25, 0.3) is 0 Å². The number of aliphatic hydroxyl groups excluding tert-OH is 1. The number of hydrogen-bond acceptors (Lipinski definition) is 4. The molecule has 1 fully saturated rings. The number of amides is 1. The summed E-state index contributed by atoms with van der Waals surface area (Å²) in [5.74, 6) is -1.27. The Bertz CT molecular complexity index is 250. The molecule has 1 aliphatic carbocycles. The lowest BCUT2D eigenvalue weighted by atomic mass is 9.98. The molecule has 0 radical (unpaired) electrons. The maximum absolute atomic E-state index is 11.3. The minimum atomic E-state index is -1.30. The van der Waals surface area contributed by atoms with E-state index in [2.05, 4.69) is 5.32 Å². The first kappa shape index (κ1) is 12.8. The molecule has 6 heteroatoms. The van der Waals surface area contributed by atoms with Gasteiger partial charge >= 0.3 is 12.1 Å². The highest BCUT2D eigenvalue weighted by molar-refractivity contribution is 5.80. The Labute approximate surface area is 93.6 Å². The Morgan fingerprint density at radius 2 is 1.94 bits per heavy atom. The molecule has 92 valence electrons. The molecule has 0 aliphatic heterocycles. The monoisotopic (exact) mass is 231 g/mol. The SMILES string of the molecule is O=C(N[C@H](CO)C(=O)O)OC1CCCCC1. The fraction of sp³-hybridized carbons (Fsp3) is 0.800. The third-order valence-electron chi connectivity index (χ3n) is 2.60. The van der Waals surface area contributed by atoms with Gasteiger partial charge in [-0.15, -0.1) is 0 Å². The van der Waals surface area contributed by atoms with Gasteiger partial charge in [-0.1, -0.05) is 6.42 Å². The zero-order valence-corrected chi connectivity index (χ0v) is 9.02. The first-order chi connectivity index (χ1) is 7.63. The lowest BCUT2D eigenvalue weighted by Crippen LogP contribution is -2.44. The number of nitrogens with one attached hydrogen (secondary N) is 1. The summed E-state index contributed by atoms with van der Waals surface area (Å²) in [5, 5.41) is 19.4. The number of hydrogen-bond donors (Lipinski definition) is 3. The molecule has 1 amide bonds. The molecule has 0 spiro atoms. The Morgan fingerprint density at radius 3 is 2.44 bits per heavy atom. The number of aliphatic hydroxyl groups is 1. The van der Waals surface area contributed by atoms with E-state index in [-0.39, 0.29) is 6.10 Å². The van der Waals surface area contributed by atoms with Crippen LogP contribution in [-0.2, 0) is 9.53 Å². The number of carboxylic acids is 1. The van der Waals surface area contributed by atoms with Crippen LogP contribution in [0.5, 0.6) is 0 Å². The van der Waals surface area contributed by atoms with E-state index in [1.165, 1.54) is 0 Å². The predicted octanol–water partition coefficient (Wildman–Crippen LogP) is 0.491. The highest BCUT2D eigenvalue weighted by Gasteiger charge is 2.22. The molecule has 0 heterocycles. The number of rotatable bonds is 4. The standard InChI is InChI=1S/C10H17NO5/c12-6-8(9(13)14)11-10(15)16-7-4-2-1-3-5-7/h7-8,12H,1-6H2,(H,11,15)(H,13,14)/t8-/m1/s1. The van der Waals surface area contributed by atoms with Gasteiger partial charge in [0, 0.05) is 0 Å². The smallest absolute Gasteiger partial charge is 0.408 e. The van der Waals surface area contributed by atoms with E-state index in [1.54, 1.807) is 0 Å². The molecule has 6 nitrogen and oxygen atoms in total. The quantitative estimate of drug-likeness (QED) is 0.654. The van der Waals surface area contributed by atoms with Gasteiger partial charge in [0.15, 0.2) is 6.04 Å². The maximum atomic E-state index is 11.3. The molecule has 0 aromatic heterocycles. The van der Waals surface area contributed by atoms with Gasteiger partial charge in [-0.2, -0.15) is 0 Å². The molecule has 0 aromatic carbocycles. The Balaban J connectivity index is 2.31. The molecular formula is C10H17NO5. The summed E-state index contributed by atoms with van der Waals surface area (Å²) in [6, 6.07) is -1.30. The van der Waals surface area contributed by atoms with E-state index in [1.807, 2.05) is 0 Å². The number of ether oxygens (including phenoxy) is 1. The predicted molar refractivity (Wildman–Crippen MR) is 55.0 cm³/mol. The lowest BCUT2D eigenvalue weighted by Gasteiger charge is -2.22. The highest BCUT2D eigenvalue weighted by atomic mass is 16.6. The summed E-state index contributed by atoms with van der Waals surface area (Å²) < 4.78 is 5.05. The third-order valence-corrected chi connectivity index (χ3v) is 2.60. The van der Waals surface area contributed by atoms with E-state index < -0.39 is 24.7 Å². The fourth-order valence-corrected chi connectivity index (χ4v) is 1.70. The number of carbonyl (C=O) groups excluding carboxylic acids is 1. The Kier molecular flexibility index (Phi) is 5.04. The molecule has 1 atom stereocenters. The van der Waals surface area contributed by atoms with Crippen molar-refractivity contribution < 1.29 is 24.5 Å². The number of carboxylic acid groups (broad SMARTS) is 1. The van der Waals surface area contributed by atoms with Gasteiger partial charge in [0.2, 0.25) is 0 Å². The van der Waals surface area contributed by atoms with Gasteiger partial charge < -0.3 is 20.3 Å². The Morgan fingerprint density at radius 1 is 1.31 bits per heavy atom. The molecule has 3 N–H and O–H groups in total. The van der Waals surface area contributed by atoms with Crippen molar-refractivity contribution in [1.82, 2.24) is 5.32 Å². The van der Waals surface area contributed by atoms with E-state index in [0.717, 1.165) is 32.1 Å². The van der Waals surface area contributed by atoms with Crippen LogP contribution in [0.3, 0.4) is 0 Å². The first-order valence-corrected chi connectivity index (χ1v) is 5.44. The molecule has 16 heavy (non-hydrogen) atoms. The van der Waals surface area contributed by atoms with E-state index in [4.69, 9.17) is 14.9 Å². The van der Waals surface area contributed by atoms with E-state index in [0.29, 0.717) is 0 Å². The number of alkyl carbamates (subject to hydrolysis) is 1. The summed E-state index contributed by atoms with van der Waals surface area (Å²) in [7, 11) is 0. The van der Waals surface area contributed by atoms with Crippen molar-refractivity contribution in [1.29, 1.82) is 0 Å². The molecule has 0 aromatic rings. The van der Waals surface area contributed by atoms with Crippen molar-refractivity contribution in [3.63, 3.8) is 0 Å². The second-order valence-electron chi connectivity index (χ2n) is 3.88. The molecule has 1 aliphatic rings. The van der Waals surface area contributed by atoms with Gasteiger partial charge in [0.25, 0.3) is 0 Å². The fourth-order valence-electron chi connectivity index (χ4n) is 1.70.